The fourth-order valence-corrected chi connectivity index (χ4v) is 1.37. The highest BCUT2D eigenvalue weighted by atomic mass is 16.6. The summed E-state index contributed by atoms with van der Waals surface area (Å²) in [7, 11) is 0. The number of carbonyl (C=O) groups is 1. The summed E-state index contributed by atoms with van der Waals surface area (Å²) >= 11 is 0. The lowest BCUT2D eigenvalue weighted by molar-refractivity contribution is -0.389. The van der Waals surface area contributed by atoms with Gasteiger partial charge < -0.3 is 15.4 Å². The Balaban J connectivity index is 2.51. The zero-order chi connectivity index (χ0) is 12.8. The number of rotatable bonds is 6. The topological polar surface area (TPSA) is 90.1 Å². The van der Waals surface area contributed by atoms with Gasteiger partial charge in [-0.25, -0.2) is 0 Å². The van der Waals surface area contributed by atoms with E-state index in [0.717, 1.165) is 6.42 Å². The maximum atomic E-state index is 11.3. The van der Waals surface area contributed by atoms with Crippen LogP contribution in [0.15, 0.2) is 6.07 Å². The van der Waals surface area contributed by atoms with E-state index in [9.17, 15) is 14.9 Å². The van der Waals surface area contributed by atoms with Crippen LogP contribution in [0.1, 0.15) is 25.5 Å². The van der Waals surface area contributed by atoms with E-state index in [1.807, 2.05) is 6.92 Å². The fraction of sp³-hybridized carbons (Fsp3) is 0.600. The highest BCUT2D eigenvalue weighted by Crippen LogP contribution is 2.11. The summed E-state index contributed by atoms with van der Waals surface area (Å²) in [4.78, 5) is 21.3. The molecule has 17 heavy (non-hydrogen) atoms. The van der Waals surface area contributed by atoms with Gasteiger partial charge in [0.25, 0.3) is 0 Å². The minimum absolute atomic E-state index is 0.0654. The van der Waals surface area contributed by atoms with E-state index in [2.05, 4.69) is 10.4 Å². The van der Waals surface area contributed by atoms with Crippen LogP contribution in [0.5, 0.6) is 0 Å². The van der Waals surface area contributed by atoms with Crippen LogP contribution in [0.2, 0.25) is 0 Å². The van der Waals surface area contributed by atoms with Gasteiger partial charge in [-0.05, 0) is 18.3 Å². The first-order valence-corrected chi connectivity index (χ1v) is 5.50. The predicted molar refractivity (Wildman–Crippen MR) is 61.5 cm³/mol. The monoisotopic (exact) mass is 240 g/mol. The molecule has 94 valence electrons. The van der Waals surface area contributed by atoms with E-state index >= 15 is 0 Å². The lowest BCUT2D eigenvalue weighted by atomic mass is 10.3. The van der Waals surface area contributed by atoms with Crippen molar-refractivity contribution in [1.82, 2.24) is 15.1 Å². The molecule has 0 aromatic carbocycles. The van der Waals surface area contributed by atoms with Gasteiger partial charge in [0.15, 0.2) is 0 Å². The summed E-state index contributed by atoms with van der Waals surface area (Å²) in [5.74, 6) is -0.249. The minimum atomic E-state index is -0.541. The van der Waals surface area contributed by atoms with Crippen molar-refractivity contribution in [3.63, 3.8) is 0 Å². The van der Waals surface area contributed by atoms with Crippen LogP contribution >= 0.6 is 0 Å². The first-order valence-electron chi connectivity index (χ1n) is 5.50. The molecule has 0 aliphatic heterocycles. The van der Waals surface area contributed by atoms with E-state index in [1.165, 1.54) is 10.7 Å². The molecule has 1 amide bonds. The molecule has 0 aliphatic carbocycles. The van der Waals surface area contributed by atoms with Crippen LogP contribution in [0.3, 0.4) is 0 Å². The van der Waals surface area contributed by atoms with Crippen molar-refractivity contribution in [3.8, 4) is 0 Å². The highest BCUT2D eigenvalue weighted by Gasteiger charge is 2.15. The molecule has 0 spiro atoms. The zero-order valence-corrected chi connectivity index (χ0v) is 9.97. The second-order valence-corrected chi connectivity index (χ2v) is 3.72. The van der Waals surface area contributed by atoms with E-state index in [-0.39, 0.29) is 18.1 Å². The number of carbonyl (C=O) groups excluding carboxylic acids is 1. The van der Waals surface area contributed by atoms with Crippen LogP contribution in [0.25, 0.3) is 0 Å². The molecule has 1 N–H and O–H groups in total. The summed E-state index contributed by atoms with van der Waals surface area (Å²) < 4.78 is 1.48. The third-order valence-corrected chi connectivity index (χ3v) is 2.28. The molecule has 0 atom stereocenters. The SMILES string of the molecule is CCCNC(=O)CCn1nc([N+](=O)[O-])cc1C. The van der Waals surface area contributed by atoms with Crippen LogP contribution in [-0.2, 0) is 11.3 Å². The van der Waals surface area contributed by atoms with Crippen molar-refractivity contribution in [2.75, 3.05) is 6.54 Å². The number of nitrogens with zero attached hydrogens (tertiary/aromatic N) is 3. The van der Waals surface area contributed by atoms with Gasteiger partial charge in [0.05, 0.1) is 23.4 Å². The molecule has 1 aromatic heterocycles. The van der Waals surface area contributed by atoms with Crippen molar-refractivity contribution in [2.24, 2.45) is 0 Å². The highest BCUT2D eigenvalue weighted by molar-refractivity contribution is 5.75. The molecule has 0 aliphatic rings. The molecular weight excluding hydrogens is 224 g/mol. The molecular formula is C10H16N4O3. The van der Waals surface area contributed by atoms with Crippen LogP contribution in [-0.4, -0.2) is 27.2 Å². The smallest absolute Gasteiger partial charge is 0.358 e. The maximum Gasteiger partial charge on any atom is 0.390 e. The average Bonchev–Trinajstić information content (AvgIpc) is 2.65. The Labute approximate surface area is 99.0 Å². The summed E-state index contributed by atoms with van der Waals surface area (Å²) in [6.45, 7) is 4.71. The van der Waals surface area contributed by atoms with Gasteiger partial charge in [-0.3, -0.25) is 4.79 Å². The Morgan fingerprint density at radius 2 is 2.35 bits per heavy atom. The molecule has 0 fully saturated rings. The van der Waals surface area contributed by atoms with Crippen molar-refractivity contribution in [3.05, 3.63) is 21.9 Å². The first kappa shape index (κ1) is 13.1. The minimum Gasteiger partial charge on any atom is -0.358 e. The number of aryl methyl sites for hydroxylation is 2. The Kier molecular flexibility index (Phi) is 4.62. The van der Waals surface area contributed by atoms with Gasteiger partial charge in [0.1, 0.15) is 0 Å². The van der Waals surface area contributed by atoms with Crippen molar-refractivity contribution >= 4 is 11.7 Å². The number of nitrogens with one attached hydrogen (secondary N) is 1. The Morgan fingerprint density at radius 1 is 1.65 bits per heavy atom. The van der Waals surface area contributed by atoms with Crippen LogP contribution in [0.4, 0.5) is 5.82 Å². The van der Waals surface area contributed by atoms with Gasteiger partial charge in [-0.15, -0.1) is 0 Å². The molecule has 0 saturated heterocycles. The van der Waals surface area contributed by atoms with Gasteiger partial charge in [0, 0.05) is 13.0 Å². The normalized spacial score (nSPS) is 10.2. The van der Waals surface area contributed by atoms with E-state index < -0.39 is 4.92 Å². The van der Waals surface area contributed by atoms with Gasteiger partial charge in [0.2, 0.25) is 5.91 Å². The second kappa shape index (κ2) is 5.97. The largest absolute Gasteiger partial charge is 0.390 e. The van der Waals surface area contributed by atoms with Crippen LogP contribution in [0, 0.1) is 17.0 Å². The third kappa shape index (κ3) is 3.86. The second-order valence-electron chi connectivity index (χ2n) is 3.72. The number of hydrogen-bond donors (Lipinski definition) is 1. The lowest BCUT2D eigenvalue weighted by Gasteiger charge is -2.02. The Hall–Kier alpha value is -1.92. The quantitative estimate of drug-likeness (QED) is 0.593. The molecule has 1 aromatic rings. The van der Waals surface area contributed by atoms with E-state index in [1.54, 1.807) is 6.92 Å². The summed E-state index contributed by atoms with van der Waals surface area (Å²) in [6.07, 6.45) is 1.16. The van der Waals surface area contributed by atoms with Gasteiger partial charge >= 0.3 is 5.82 Å². The fourth-order valence-electron chi connectivity index (χ4n) is 1.37. The van der Waals surface area contributed by atoms with Crippen molar-refractivity contribution in [2.45, 2.75) is 33.2 Å². The van der Waals surface area contributed by atoms with Gasteiger partial charge in [-0.1, -0.05) is 6.92 Å². The van der Waals surface area contributed by atoms with Crippen LogP contribution < -0.4 is 5.32 Å². The predicted octanol–water partition coefficient (Wildman–Crippen LogP) is 1.02. The molecule has 1 heterocycles. The van der Waals surface area contributed by atoms with E-state index in [4.69, 9.17) is 0 Å². The van der Waals surface area contributed by atoms with E-state index in [0.29, 0.717) is 18.8 Å². The molecule has 0 bridgehead atoms. The van der Waals surface area contributed by atoms with Crippen molar-refractivity contribution < 1.29 is 9.72 Å². The summed E-state index contributed by atoms with van der Waals surface area (Å²) in [5, 5.41) is 17.0. The number of amides is 1. The average molecular weight is 240 g/mol. The molecule has 0 unspecified atom stereocenters. The Bertz CT molecular complexity index is 414. The first-order chi connectivity index (χ1) is 8.04. The number of nitro groups is 1. The third-order valence-electron chi connectivity index (χ3n) is 2.28. The molecule has 7 heteroatoms. The number of aromatic nitrogens is 2. The Morgan fingerprint density at radius 3 is 2.88 bits per heavy atom. The zero-order valence-electron chi connectivity index (χ0n) is 9.97. The molecule has 0 saturated carbocycles. The standard InChI is InChI=1S/C10H16N4O3/c1-3-5-11-10(15)4-6-13-8(2)7-9(12-13)14(16)17/h7H,3-6H2,1-2H3,(H,11,15). The number of hydrogen-bond acceptors (Lipinski definition) is 4. The summed E-state index contributed by atoms with van der Waals surface area (Å²) in [6, 6.07) is 1.39. The molecule has 7 nitrogen and oxygen atoms in total. The molecule has 1 rings (SSSR count). The maximum absolute atomic E-state index is 11.3. The van der Waals surface area contributed by atoms with Crippen molar-refractivity contribution in [1.29, 1.82) is 0 Å². The van der Waals surface area contributed by atoms with Gasteiger partial charge in [-0.2, -0.15) is 4.68 Å². The lowest BCUT2D eigenvalue weighted by Crippen LogP contribution is -2.25. The molecule has 0 radical (unpaired) electrons. The summed E-state index contributed by atoms with van der Waals surface area (Å²) in [5.41, 5.74) is 0.681.